The largest absolute Gasteiger partial charge is 0.494 e. The first-order chi connectivity index (χ1) is 16.4. The van der Waals surface area contributed by atoms with Crippen LogP contribution in [0.25, 0.3) is 22.0 Å². The van der Waals surface area contributed by atoms with E-state index in [9.17, 15) is 10.1 Å². The quantitative estimate of drug-likeness (QED) is 0.253. The molecule has 1 aromatic heterocycles. The van der Waals surface area contributed by atoms with Gasteiger partial charge in [0.1, 0.15) is 22.6 Å². The molecular weight excluding hydrogens is 450 g/mol. The van der Waals surface area contributed by atoms with Crippen LogP contribution in [0.15, 0.2) is 36.4 Å². The summed E-state index contributed by atoms with van der Waals surface area (Å²) >= 11 is 1.30. The molecule has 8 heteroatoms. The number of rotatable bonds is 11. The van der Waals surface area contributed by atoms with Crippen LogP contribution in [0, 0.1) is 11.3 Å². The number of carbonyl (C=O) groups is 1. The maximum atomic E-state index is 11.4. The molecule has 3 rings (SSSR count). The molecule has 2 aromatic carbocycles. The molecule has 1 heterocycles. The third-order valence-corrected chi connectivity index (χ3v) is 5.70. The number of carbonyl (C=O) groups excluding carboxylic acids is 1. The summed E-state index contributed by atoms with van der Waals surface area (Å²) in [5, 5.41) is 10.3. The lowest BCUT2D eigenvalue weighted by molar-refractivity contribution is -0.143. The third-order valence-electron chi connectivity index (χ3n) is 4.93. The predicted molar refractivity (Wildman–Crippen MR) is 132 cm³/mol. The third kappa shape index (κ3) is 6.55. The van der Waals surface area contributed by atoms with Gasteiger partial charge in [0.25, 0.3) is 0 Å². The van der Waals surface area contributed by atoms with E-state index in [0.29, 0.717) is 43.2 Å². The summed E-state index contributed by atoms with van der Waals surface area (Å²) in [5.41, 5.74) is 3.33. The van der Waals surface area contributed by atoms with Crippen LogP contribution in [0.4, 0.5) is 0 Å². The lowest BCUT2D eigenvalue weighted by Gasteiger charge is -2.11. The Labute approximate surface area is 204 Å². The van der Waals surface area contributed by atoms with Gasteiger partial charge in [-0.1, -0.05) is 6.92 Å². The molecule has 0 spiro atoms. The molecule has 3 aromatic rings. The number of esters is 1. The average Bonchev–Trinajstić information content (AvgIpc) is 3.32. The van der Waals surface area contributed by atoms with Gasteiger partial charge < -0.3 is 14.2 Å². The zero-order chi connectivity index (χ0) is 24.5. The first-order valence-corrected chi connectivity index (χ1v) is 12.2. The number of aryl methyl sites for hydroxylation is 1. The summed E-state index contributed by atoms with van der Waals surface area (Å²) in [7, 11) is 0. The summed E-state index contributed by atoms with van der Waals surface area (Å²) in [6.07, 6.45) is 1.73. The molecule has 34 heavy (non-hydrogen) atoms. The topological polar surface area (TPSA) is 94.3 Å². The number of hydrogen-bond acceptors (Lipinski definition) is 8. The van der Waals surface area contributed by atoms with Crippen LogP contribution in [0.1, 0.15) is 51.7 Å². The highest BCUT2D eigenvalue weighted by Crippen LogP contribution is 2.32. The highest BCUT2D eigenvalue weighted by atomic mass is 32.1. The number of benzene rings is 2. The number of ether oxygens (including phenoxy) is 3. The van der Waals surface area contributed by atoms with Crippen molar-refractivity contribution in [1.29, 1.82) is 5.26 Å². The van der Waals surface area contributed by atoms with Gasteiger partial charge in [-0.3, -0.25) is 4.79 Å². The van der Waals surface area contributed by atoms with Crippen molar-refractivity contribution in [2.45, 2.75) is 53.1 Å². The van der Waals surface area contributed by atoms with E-state index >= 15 is 0 Å². The summed E-state index contributed by atoms with van der Waals surface area (Å²) in [6.45, 7) is 8.56. The summed E-state index contributed by atoms with van der Waals surface area (Å²) in [4.78, 5) is 16.2. The smallest absolute Gasteiger partial charge is 0.305 e. The molecule has 0 aliphatic carbocycles. The minimum absolute atomic E-state index is 0.0111. The van der Waals surface area contributed by atoms with Crippen LogP contribution >= 0.6 is 11.5 Å². The monoisotopic (exact) mass is 479 g/mol. The van der Waals surface area contributed by atoms with Gasteiger partial charge in [0.2, 0.25) is 0 Å². The number of nitriles is 1. The lowest BCUT2D eigenvalue weighted by Crippen LogP contribution is -2.07. The molecule has 0 atom stereocenters. The van der Waals surface area contributed by atoms with Gasteiger partial charge in [-0.25, -0.2) is 4.98 Å². The van der Waals surface area contributed by atoms with Gasteiger partial charge in [0, 0.05) is 17.5 Å². The van der Waals surface area contributed by atoms with Crippen molar-refractivity contribution in [1.82, 2.24) is 9.36 Å². The molecule has 7 nitrogen and oxygen atoms in total. The Morgan fingerprint density at radius 1 is 1.18 bits per heavy atom. The number of nitrogens with zero attached hydrogens (tertiary/aromatic N) is 3. The average molecular weight is 480 g/mol. The van der Waals surface area contributed by atoms with Crippen molar-refractivity contribution in [3.05, 3.63) is 47.5 Å². The van der Waals surface area contributed by atoms with Crippen molar-refractivity contribution in [2.75, 3.05) is 13.2 Å². The summed E-state index contributed by atoms with van der Waals surface area (Å²) in [5.74, 6) is 1.76. The van der Waals surface area contributed by atoms with E-state index in [0.717, 1.165) is 33.9 Å². The number of aromatic nitrogens is 2. The minimum Gasteiger partial charge on any atom is -0.494 e. The lowest BCUT2D eigenvalue weighted by atomic mass is 10.0. The molecule has 0 N–H and O–H groups in total. The molecule has 0 amide bonds. The molecular formula is C26H29N3O4S. The van der Waals surface area contributed by atoms with Gasteiger partial charge in [0.15, 0.2) is 5.82 Å². The summed E-state index contributed by atoms with van der Waals surface area (Å²) in [6, 6.07) is 13.5. The Balaban J connectivity index is 1.73. The zero-order valence-electron chi connectivity index (χ0n) is 20.0. The molecule has 0 saturated carbocycles. The first-order valence-electron chi connectivity index (χ1n) is 11.4. The zero-order valence-corrected chi connectivity index (χ0v) is 20.8. The second kappa shape index (κ2) is 12.1. The van der Waals surface area contributed by atoms with Crippen LogP contribution in [-0.4, -0.2) is 34.6 Å². The van der Waals surface area contributed by atoms with Gasteiger partial charge in [0.05, 0.1) is 24.9 Å². The van der Waals surface area contributed by atoms with Crippen molar-refractivity contribution < 1.29 is 19.0 Å². The van der Waals surface area contributed by atoms with E-state index in [4.69, 9.17) is 19.2 Å². The highest BCUT2D eigenvalue weighted by Gasteiger charge is 2.15. The van der Waals surface area contributed by atoms with E-state index in [-0.39, 0.29) is 12.1 Å². The standard InChI is InChI=1S/C26H29N3O4S/c1-5-18-15-21(32-13-7-8-24(30)31-6-2)10-11-22(18)25-28-26(34-29-25)19-9-12-23(33-17(3)4)20(14-19)16-27/h9-12,14-15,17H,5-8,13H2,1-4H3. The van der Waals surface area contributed by atoms with Gasteiger partial charge in [-0.05, 0) is 87.1 Å². The molecule has 0 radical (unpaired) electrons. The molecule has 178 valence electrons. The predicted octanol–water partition coefficient (Wildman–Crippen LogP) is 5.82. The van der Waals surface area contributed by atoms with Crippen LogP contribution in [0.2, 0.25) is 0 Å². The van der Waals surface area contributed by atoms with Crippen LogP contribution in [0.3, 0.4) is 0 Å². The Hall–Kier alpha value is -3.44. The molecule has 0 fully saturated rings. The van der Waals surface area contributed by atoms with E-state index in [1.54, 1.807) is 19.1 Å². The van der Waals surface area contributed by atoms with Crippen molar-refractivity contribution in [2.24, 2.45) is 0 Å². The SMILES string of the molecule is CCOC(=O)CCCOc1ccc(-c2nsc(-c3ccc(OC(C)C)c(C#N)c3)n2)c(CC)c1. The summed E-state index contributed by atoms with van der Waals surface area (Å²) < 4.78 is 21.0. The molecule has 0 aliphatic rings. The molecule has 0 aliphatic heterocycles. The second-order valence-corrected chi connectivity index (χ2v) is 8.59. The molecule has 0 saturated heterocycles. The second-order valence-electron chi connectivity index (χ2n) is 7.84. The maximum absolute atomic E-state index is 11.4. The fourth-order valence-electron chi connectivity index (χ4n) is 3.37. The fraction of sp³-hybridized carbons (Fsp3) is 0.385. The van der Waals surface area contributed by atoms with Crippen molar-refractivity contribution >= 4 is 17.5 Å². The van der Waals surface area contributed by atoms with Gasteiger partial charge in [-0.15, -0.1) is 0 Å². The Bertz CT molecular complexity index is 1170. The van der Waals surface area contributed by atoms with Gasteiger partial charge in [-0.2, -0.15) is 9.64 Å². The van der Waals surface area contributed by atoms with Crippen molar-refractivity contribution in [3.63, 3.8) is 0 Å². The molecule has 0 bridgehead atoms. The van der Waals surface area contributed by atoms with Crippen molar-refractivity contribution in [3.8, 4) is 39.5 Å². The Kier molecular flexibility index (Phi) is 9.00. The minimum atomic E-state index is -0.204. The van der Waals surface area contributed by atoms with E-state index in [2.05, 4.69) is 17.4 Å². The maximum Gasteiger partial charge on any atom is 0.305 e. The fourth-order valence-corrected chi connectivity index (χ4v) is 4.04. The van der Waals surface area contributed by atoms with Gasteiger partial charge >= 0.3 is 5.97 Å². The normalized spacial score (nSPS) is 10.7. The van der Waals surface area contributed by atoms with Crippen LogP contribution in [0.5, 0.6) is 11.5 Å². The highest BCUT2D eigenvalue weighted by molar-refractivity contribution is 7.09. The molecule has 0 unspecified atom stereocenters. The van der Waals surface area contributed by atoms with E-state index in [1.165, 1.54) is 11.5 Å². The van der Waals surface area contributed by atoms with Crippen LogP contribution in [-0.2, 0) is 16.0 Å². The van der Waals surface area contributed by atoms with E-state index < -0.39 is 0 Å². The number of hydrogen-bond donors (Lipinski definition) is 0. The van der Waals surface area contributed by atoms with E-state index in [1.807, 2.05) is 38.1 Å². The Morgan fingerprint density at radius 3 is 2.71 bits per heavy atom. The Morgan fingerprint density at radius 2 is 2.00 bits per heavy atom. The first kappa shape index (κ1) is 25.2. The van der Waals surface area contributed by atoms with Crippen LogP contribution < -0.4 is 9.47 Å².